The molecule has 2 rings (SSSR count). The number of carbonyl (C=O) groups is 3. The minimum atomic E-state index is -1.21. The summed E-state index contributed by atoms with van der Waals surface area (Å²) < 4.78 is 9.60. The van der Waals surface area contributed by atoms with Crippen LogP contribution in [-0.4, -0.2) is 24.0 Å². The number of ether oxygens (including phenoxy) is 2. The fraction of sp³-hybridized carbons (Fsp3) is 0.667. The lowest BCUT2D eigenvalue weighted by Crippen LogP contribution is -2.37. The molecule has 0 radical (unpaired) electrons. The first kappa shape index (κ1) is 9.18. The summed E-state index contributed by atoms with van der Waals surface area (Å²) in [5, 5.41) is 0. The molecule has 0 aromatic heterocycles. The summed E-state index contributed by atoms with van der Waals surface area (Å²) in [7, 11) is 0. The molecule has 0 saturated carbocycles. The van der Waals surface area contributed by atoms with E-state index in [1.807, 2.05) is 0 Å². The van der Waals surface area contributed by atoms with Crippen molar-refractivity contribution in [3.05, 3.63) is 0 Å². The molecule has 0 spiro atoms. The van der Waals surface area contributed by atoms with Crippen molar-refractivity contribution in [2.24, 2.45) is 11.3 Å². The lowest BCUT2D eigenvalue weighted by atomic mass is 9.75. The Kier molecular flexibility index (Phi) is 1.68. The summed E-state index contributed by atoms with van der Waals surface area (Å²) in [6.45, 7) is 2.83. The van der Waals surface area contributed by atoms with E-state index in [1.165, 1.54) is 13.8 Å². The molecule has 14 heavy (non-hydrogen) atoms. The predicted molar refractivity (Wildman–Crippen MR) is 42.9 cm³/mol. The maximum absolute atomic E-state index is 11.4. The van der Waals surface area contributed by atoms with Gasteiger partial charge in [0.25, 0.3) is 6.29 Å². The van der Waals surface area contributed by atoms with Crippen LogP contribution in [0.15, 0.2) is 0 Å². The van der Waals surface area contributed by atoms with E-state index < -0.39 is 29.6 Å². The van der Waals surface area contributed by atoms with Gasteiger partial charge < -0.3 is 9.47 Å². The molecule has 2 aliphatic rings. The third-order valence-electron chi connectivity index (χ3n) is 3.08. The summed E-state index contributed by atoms with van der Waals surface area (Å²) in [5.74, 6) is -1.75. The maximum atomic E-state index is 11.4. The van der Waals surface area contributed by atoms with Crippen molar-refractivity contribution in [2.75, 3.05) is 0 Å². The Hall–Kier alpha value is -1.39. The van der Waals surface area contributed by atoms with E-state index in [2.05, 4.69) is 0 Å². The molecule has 2 fully saturated rings. The lowest BCUT2D eigenvalue weighted by molar-refractivity contribution is -0.170. The Morgan fingerprint density at radius 1 is 1.43 bits per heavy atom. The Morgan fingerprint density at radius 3 is 2.64 bits per heavy atom. The van der Waals surface area contributed by atoms with Gasteiger partial charge in [-0.25, -0.2) is 0 Å². The molecule has 3 atom stereocenters. The molecule has 2 heterocycles. The van der Waals surface area contributed by atoms with Crippen molar-refractivity contribution in [1.29, 1.82) is 0 Å². The minimum absolute atomic E-state index is 0.0759. The Bertz CT molecular complexity index is 334. The second kappa shape index (κ2) is 2.56. The number of hydrogen-bond acceptors (Lipinski definition) is 5. The van der Waals surface area contributed by atoms with Crippen molar-refractivity contribution in [3.8, 4) is 0 Å². The molecular weight excluding hydrogens is 188 g/mol. The van der Waals surface area contributed by atoms with Crippen LogP contribution in [-0.2, 0) is 23.9 Å². The Labute approximate surface area is 80.4 Å². The summed E-state index contributed by atoms with van der Waals surface area (Å²) in [6, 6.07) is 0. The zero-order valence-electron chi connectivity index (χ0n) is 7.90. The molecule has 5 heteroatoms. The molecule has 2 aliphatic heterocycles. The summed E-state index contributed by atoms with van der Waals surface area (Å²) >= 11 is 0. The largest absolute Gasteiger partial charge is 0.425 e. The fourth-order valence-electron chi connectivity index (χ4n) is 1.90. The van der Waals surface area contributed by atoms with Gasteiger partial charge in [-0.15, -0.1) is 0 Å². The van der Waals surface area contributed by atoms with Crippen molar-refractivity contribution in [1.82, 2.24) is 0 Å². The van der Waals surface area contributed by atoms with Gasteiger partial charge >= 0.3 is 11.9 Å². The van der Waals surface area contributed by atoms with E-state index in [-0.39, 0.29) is 12.2 Å². The van der Waals surface area contributed by atoms with Crippen LogP contribution in [0.2, 0.25) is 0 Å². The smallest absolute Gasteiger partial charge is 0.323 e. The average molecular weight is 198 g/mol. The van der Waals surface area contributed by atoms with Crippen LogP contribution in [0.3, 0.4) is 0 Å². The molecule has 0 aromatic carbocycles. The van der Waals surface area contributed by atoms with Crippen LogP contribution >= 0.6 is 0 Å². The maximum Gasteiger partial charge on any atom is 0.323 e. The first-order valence-corrected chi connectivity index (χ1v) is 4.38. The first-order valence-electron chi connectivity index (χ1n) is 4.38. The monoisotopic (exact) mass is 198 g/mol. The van der Waals surface area contributed by atoms with E-state index >= 15 is 0 Å². The summed E-state index contributed by atoms with van der Waals surface area (Å²) in [5.41, 5.74) is -1.21. The number of rotatable bonds is 1. The van der Waals surface area contributed by atoms with Crippen molar-refractivity contribution in [2.45, 2.75) is 26.6 Å². The zero-order chi connectivity index (χ0) is 10.5. The molecule has 2 saturated heterocycles. The van der Waals surface area contributed by atoms with Crippen LogP contribution < -0.4 is 0 Å². The number of Topliss-reactive ketones (excluding diaryl/α,β-unsaturated/α-hetero) is 1. The Balaban J connectivity index is 2.37. The topological polar surface area (TPSA) is 69.7 Å². The van der Waals surface area contributed by atoms with Crippen LogP contribution in [0.5, 0.6) is 0 Å². The highest BCUT2D eigenvalue weighted by Crippen LogP contribution is 2.46. The number of esters is 2. The normalized spacial score (nSPS) is 40.4. The van der Waals surface area contributed by atoms with Crippen LogP contribution in [0, 0.1) is 11.3 Å². The quantitative estimate of drug-likeness (QED) is 0.439. The molecule has 0 bridgehead atoms. The summed E-state index contributed by atoms with van der Waals surface area (Å²) in [6.07, 6.45) is -0.782. The SMILES string of the molecule is CC(=O)[C@@]1(C)C(=O)O[C@H]2OC(=O)C[C@H]21. The van der Waals surface area contributed by atoms with Gasteiger partial charge in [-0.3, -0.25) is 14.4 Å². The van der Waals surface area contributed by atoms with E-state index in [1.54, 1.807) is 0 Å². The molecule has 0 aromatic rings. The molecular formula is C9H10O5. The molecule has 5 nitrogen and oxygen atoms in total. The summed E-state index contributed by atoms with van der Waals surface area (Å²) in [4.78, 5) is 33.7. The van der Waals surface area contributed by atoms with Gasteiger partial charge in [-0.2, -0.15) is 0 Å². The third-order valence-corrected chi connectivity index (χ3v) is 3.08. The number of carbonyl (C=O) groups excluding carboxylic acids is 3. The standard InChI is InChI=1S/C9H10O5/c1-4(10)9(2)5-3-6(11)13-7(5)14-8(9)12/h5,7H,3H2,1-2H3/t5-,7-,9-/m1/s1. The molecule has 0 aliphatic carbocycles. The minimum Gasteiger partial charge on any atom is -0.425 e. The van der Waals surface area contributed by atoms with Gasteiger partial charge in [-0.05, 0) is 13.8 Å². The number of fused-ring (bicyclic) bond motifs is 1. The van der Waals surface area contributed by atoms with E-state index in [0.717, 1.165) is 0 Å². The molecule has 0 amide bonds. The number of hydrogen-bond donors (Lipinski definition) is 0. The van der Waals surface area contributed by atoms with E-state index in [9.17, 15) is 14.4 Å². The van der Waals surface area contributed by atoms with E-state index in [4.69, 9.17) is 9.47 Å². The highest BCUT2D eigenvalue weighted by atomic mass is 16.7. The van der Waals surface area contributed by atoms with Gasteiger partial charge in [0, 0.05) is 0 Å². The highest BCUT2D eigenvalue weighted by molar-refractivity contribution is 6.04. The van der Waals surface area contributed by atoms with E-state index in [0.29, 0.717) is 0 Å². The third kappa shape index (κ3) is 0.921. The fourth-order valence-corrected chi connectivity index (χ4v) is 1.90. The predicted octanol–water partition coefficient (Wildman–Crippen LogP) is 0.0277. The van der Waals surface area contributed by atoms with Crippen molar-refractivity contribution in [3.63, 3.8) is 0 Å². The van der Waals surface area contributed by atoms with Gasteiger partial charge in [0.05, 0.1) is 12.3 Å². The molecule has 0 unspecified atom stereocenters. The van der Waals surface area contributed by atoms with Crippen molar-refractivity contribution >= 4 is 17.7 Å². The molecule has 76 valence electrons. The second-order valence-corrected chi connectivity index (χ2v) is 3.83. The Morgan fingerprint density at radius 2 is 2.07 bits per heavy atom. The lowest BCUT2D eigenvalue weighted by Gasteiger charge is -2.19. The van der Waals surface area contributed by atoms with Gasteiger partial charge in [0.2, 0.25) is 0 Å². The van der Waals surface area contributed by atoms with Gasteiger partial charge in [0.1, 0.15) is 11.2 Å². The van der Waals surface area contributed by atoms with Crippen molar-refractivity contribution < 1.29 is 23.9 Å². The first-order chi connectivity index (χ1) is 6.46. The van der Waals surface area contributed by atoms with Crippen LogP contribution in [0.1, 0.15) is 20.3 Å². The van der Waals surface area contributed by atoms with Gasteiger partial charge in [-0.1, -0.05) is 0 Å². The second-order valence-electron chi connectivity index (χ2n) is 3.83. The van der Waals surface area contributed by atoms with Crippen LogP contribution in [0.4, 0.5) is 0 Å². The zero-order valence-corrected chi connectivity index (χ0v) is 7.90. The van der Waals surface area contributed by atoms with Gasteiger partial charge in [0.15, 0.2) is 0 Å². The molecule has 0 N–H and O–H groups in total. The number of ketones is 1. The van der Waals surface area contributed by atoms with Crippen LogP contribution in [0.25, 0.3) is 0 Å². The highest BCUT2D eigenvalue weighted by Gasteiger charge is 2.62. The average Bonchev–Trinajstić information content (AvgIpc) is 2.53.